The van der Waals surface area contributed by atoms with Crippen LogP contribution in [0.15, 0.2) is 59.0 Å². The monoisotopic (exact) mass is 425 g/mol. The van der Waals surface area contributed by atoms with E-state index in [4.69, 9.17) is 9.15 Å². The lowest BCUT2D eigenvalue weighted by atomic mass is 10.0. The number of carbonyl (C=O) groups is 2. The lowest BCUT2D eigenvalue weighted by molar-refractivity contribution is -0.122. The van der Waals surface area contributed by atoms with Crippen molar-refractivity contribution in [2.24, 2.45) is 5.92 Å². The number of para-hydroxylation sites is 2. The Morgan fingerprint density at radius 2 is 1.84 bits per heavy atom. The van der Waals surface area contributed by atoms with E-state index < -0.39 is 12.2 Å². The van der Waals surface area contributed by atoms with Gasteiger partial charge in [0.05, 0.1) is 6.54 Å². The van der Waals surface area contributed by atoms with Gasteiger partial charge in [0.1, 0.15) is 18.2 Å². The maximum atomic E-state index is 12.1. The summed E-state index contributed by atoms with van der Waals surface area (Å²) in [6.45, 7) is 2.57. The highest BCUT2D eigenvalue weighted by atomic mass is 16.5. The molecule has 2 atom stereocenters. The molecule has 0 saturated heterocycles. The van der Waals surface area contributed by atoms with Gasteiger partial charge in [0, 0.05) is 13.0 Å². The van der Waals surface area contributed by atoms with Crippen molar-refractivity contribution in [1.82, 2.24) is 15.6 Å². The van der Waals surface area contributed by atoms with Crippen LogP contribution in [0.2, 0.25) is 0 Å². The maximum absolute atomic E-state index is 12.1. The first-order valence-electron chi connectivity index (χ1n) is 10.3. The van der Waals surface area contributed by atoms with Crippen LogP contribution in [-0.2, 0) is 16.1 Å². The van der Waals surface area contributed by atoms with Crippen LogP contribution in [-0.4, -0.2) is 35.2 Å². The number of nitrogens with zero attached hydrogens (tertiary/aromatic N) is 1. The summed E-state index contributed by atoms with van der Waals surface area (Å²) >= 11 is 0. The molecule has 8 nitrogen and oxygen atoms in total. The molecule has 2 amide bonds. The number of rotatable bonds is 10. The molecule has 2 aromatic carbocycles. The fourth-order valence-corrected chi connectivity index (χ4v) is 3.02. The van der Waals surface area contributed by atoms with Gasteiger partial charge in [0.2, 0.25) is 11.8 Å². The van der Waals surface area contributed by atoms with Gasteiger partial charge < -0.3 is 24.9 Å². The Morgan fingerprint density at radius 1 is 1.10 bits per heavy atom. The molecule has 31 heavy (non-hydrogen) atoms. The number of alkyl carbamates (subject to hydrolysis) is 1. The molecule has 0 radical (unpaired) electrons. The number of benzene rings is 2. The van der Waals surface area contributed by atoms with Crippen LogP contribution < -0.4 is 10.6 Å². The Kier molecular flexibility index (Phi) is 8.00. The number of nitrogens with one attached hydrogen (secondary N) is 2. The van der Waals surface area contributed by atoms with Gasteiger partial charge in [-0.3, -0.25) is 4.79 Å². The smallest absolute Gasteiger partial charge is 0.407 e. The number of oxazole rings is 1. The zero-order chi connectivity index (χ0) is 22.1. The fourth-order valence-electron chi connectivity index (χ4n) is 3.02. The van der Waals surface area contributed by atoms with E-state index in [1.54, 1.807) is 12.1 Å². The number of ether oxygens (including phenoxy) is 1. The molecule has 0 fully saturated rings. The minimum atomic E-state index is -1.02. The Morgan fingerprint density at radius 3 is 2.61 bits per heavy atom. The van der Waals surface area contributed by atoms with E-state index in [2.05, 4.69) is 15.6 Å². The van der Waals surface area contributed by atoms with Crippen molar-refractivity contribution in [3.05, 3.63) is 66.1 Å². The first kappa shape index (κ1) is 22.3. The highest BCUT2D eigenvalue weighted by Crippen LogP contribution is 2.19. The molecular weight excluding hydrogens is 398 g/mol. The van der Waals surface area contributed by atoms with Gasteiger partial charge in [-0.1, -0.05) is 49.4 Å². The summed E-state index contributed by atoms with van der Waals surface area (Å²) in [5.74, 6) is 0.0398. The largest absolute Gasteiger partial charge is 0.445 e. The molecule has 0 saturated carbocycles. The number of aliphatic hydroxyl groups excluding tert-OH is 1. The number of fused-ring (bicyclic) bond motifs is 1. The first-order valence-corrected chi connectivity index (χ1v) is 10.3. The number of hydrogen-bond donors (Lipinski definition) is 3. The van der Waals surface area contributed by atoms with Gasteiger partial charge in [-0.15, -0.1) is 0 Å². The third-order valence-corrected chi connectivity index (χ3v) is 4.74. The molecule has 8 heteroatoms. The van der Waals surface area contributed by atoms with Gasteiger partial charge >= 0.3 is 6.09 Å². The standard InChI is InChI=1S/C23H27N3O5/c1-16(11-12-24-23(29)30-15-17-7-3-2-4-8-17)13-21(28)25-14-19(27)22-26-18-9-5-6-10-20(18)31-22/h2-10,16,19,27H,11-15H2,1H3,(H,24,29)(H,25,28). The predicted molar refractivity (Wildman–Crippen MR) is 115 cm³/mol. The van der Waals surface area contributed by atoms with E-state index in [0.29, 0.717) is 24.1 Å². The van der Waals surface area contributed by atoms with Gasteiger partial charge in [-0.2, -0.15) is 0 Å². The Hall–Kier alpha value is -3.39. The summed E-state index contributed by atoms with van der Waals surface area (Å²) in [4.78, 5) is 28.1. The Balaban J connectivity index is 1.30. The molecule has 0 aliphatic heterocycles. The summed E-state index contributed by atoms with van der Waals surface area (Å²) in [5.41, 5.74) is 2.17. The molecule has 3 aromatic rings. The SMILES string of the molecule is CC(CCNC(=O)OCc1ccccc1)CC(=O)NCC(O)c1nc2ccccc2o1. The van der Waals surface area contributed by atoms with Crippen molar-refractivity contribution in [1.29, 1.82) is 0 Å². The van der Waals surface area contributed by atoms with E-state index in [1.807, 2.05) is 49.4 Å². The summed E-state index contributed by atoms with van der Waals surface area (Å²) in [5, 5.41) is 15.6. The van der Waals surface area contributed by atoms with Crippen LogP contribution in [0.3, 0.4) is 0 Å². The lowest BCUT2D eigenvalue weighted by Crippen LogP contribution is -2.31. The number of hydrogen-bond acceptors (Lipinski definition) is 6. The van der Waals surface area contributed by atoms with Crippen molar-refractivity contribution in [2.75, 3.05) is 13.1 Å². The third-order valence-electron chi connectivity index (χ3n) is 4.74. The van der Waals surface area contributed by atoms with Crippen molar-refractivity contribution in [3.63, 3.8) is 0 Å². The topological polar surface area (TPSA) is 114 Å². The average molecular weight is 425 g/mol. The van der Waals surface area contributed by atoms with Crippen LogP contribution >= 0.6 is 0 Å². The van der Waals surface area contributed by atoms with E-state index in [0.717, 1.165) is 5.56 Å². The van der Waals surface area contributed by atoms with Crippen LogP contribution in [0, 0.1) is 5.92 Å². The van der Waals surface area contributed by atoms with Gasteiger partial charge in [0.15, 0.2) is 5.58 Å². The van der Waals surface area contributed by atoms with E-state index in [1.165, 1.54) is 0 Å². The molecule has 0 bridgehead atoms. The van der Waals surface area contributed by atoms with Crippen LogP contribution in [0.25, 0.3) is 11.1 Å². The fraction of sp³-hybridized carbons (Fsp3) is 0.348. The number of carbonyl (C=O) groups excluding carboxylic acids is 2. The molecule has 1 aromatic heterocycles. The normalized spacial score (nSPS) is 12.8. The van der Waals surface area contributed by atoms with E-state index in [9.17, 15) is 14.7 Å². The van der Waals surface area contributed by atoms with Crippen molar-refractivity contribution in [3.8, 4) is 0 Å². The summed E-state index contributed by atoms with van der Waals surface area (Å²) in [6.07, 6.45) is -0.600. The van der Waals surface area contributed by atoms with E-state index in [-0.39, 0.29) is 37.3 Å². The van der Waals surface area contributed by atoms with E-state index >= 15 is 0 Å². The second-order valence-corrected chi connectivity index (χ2v) is 7.43. The number of aromatic nitrogens is 1. The summed E-state index contributed by atoms with van der Waals surface area (Å²) in [6, 6.07) is 16.7. The molecule has 3 rings (SSSR count). The van der Waals surface area contributed by atoms with Crippen LogP contribution in [0.4, 0.5) is 4.79 Å². The van der Waals surface area contributed by atoms with Gasteiger partial charge in [-0.25, -0.2) is 9.78 Å². The van der Waals surface area contributed by atoms with Crippen molar-refractivity contribution >= 4 is 23.1 Å². The highest BCUT2D eigenvalue weighted by molar-refractivity contribution is 5.76. The summed E-state index contributed by atoms with van der Waals surface area (Å²) < 4.78 is 10.7. The molecule has 0 spiro atoms. The highest BCUT2D eigenvalue weighted by Gasteiger charge is 2.17. The predicted octanol–water partition coefficient (Wildman–Crippen LogP) is 3.32. The second-order valence-electron chi connectivity index (χ2n) is 7.43. The lowest BCUT2D eigenvalue weighted by Gasteiger charge is -2.13. The second kappa shape index (κ2) is 11.1. The molecule has 0 aliphatic rings. The van der Waals surface area contributed by atoms with Gasteiger partial charge in [0.25, 0.3) is 0 Å². The molecule has 2 unspecified atom stereocenters. The minimum Gasteiger partial charge on any atom is -0.445 e. The molecule has 0 aliphatic carbocycles. The zero-order valence-corrected chi connectivity index (χ0v) is 17.4. The number of aliphatic hydroxyl groups is 1. The van der Waals surface area contributed by atoms with Gasteiger partial charge in [-0.05, 0) is 30.0 Å². The Bertz CT molecular complexity index is 956. The Labute approximate surface area is 180 Å². The molecule has 1 heterocycles. The molecular formula is C23H27N3O5. The van der Waals surface area contributed by atoms with Crippen molar-refractivity contribution < 1.29 is 23.8 Å². The van der Waals surface area contributed by atoms with Crippen molar-refractivity contribution in [2.45, 2.75) is 32.5 Å². The first-order chi connectivity index (χ1) is 15.0. The maximum Gasteiger partial charge on any atom is 0.407 e. The van der Waals surface area contributed by atoms with Crippen LogP contribution in [0.5, 0.6) is 0 Å². The number of amides is 2. The quantitative estimate of drug-likeness (QED) is 0.459. The summed E-state index contributed by atoms with van der Waals surface area (Å²) in [7, 11) is 0. The third kappa shape index (κ3) is 7.11. The molecule has 3 N–H and O–H groups in total. The molecule has 164 valence electrons. The zero-order valence-electron chi connectivity index (χ0n) is 17.4. The minimum absolute atomic E-state index is 0.0163. The average Bonchev–Trinajstić information content (AvgIpc) is 3.21. The van der Waals surface area contributed by atoms with Crippen LogP contribution in [0.1, 0.15) is 37.3 Å².